The molecule has 0 aliphatic carbocycles. The maximum Gasteiger partial charge on any atom is 0.257 e. The number of anilines is 1. The second kappa shape index (κ2) is 6.90. The number of carbonyl (C=O) groups excluding carboxylic acids is 1. The summed E-state index contributed by atoms with van der Waals surface area (Å²) in [5.41, 5.74) is 3.12. The van der Waals surface area contributed by atoms with Gasteiger partial charge < -0.3 is 14.8 Å². The molecule has 1 unspecified atom stereocenters. The Morgan fingerprint density at radius 2 is 1.96 bits per heavy atom. The number of hydrogen-bond acceptors (Lipinski definition) is 3. The largest absolute Gasteiger partial charge is 0.459 e. The molecule has 0 spiro atoms. The molecular weight excluding hydrogens is 338 g/mol. The van der Waals surface area contributed by atoms with Crippen molar-refractivity contribution in [3.8, 4) is 0 Å². The van der Waals surface area contributed by atoms with Crippen LogP contribution in [0.25, 0.3) is 11.0 Å². The van der Waals surface area contributed by atoms with Gasteiger partial charge in [0.05, 0.1) is 22.4 Å². The zero-order valence-electron chi connectivity index (χ0n) is 14.4. The van der Waals surface area contributed by atoms with Gasteiger partial charge >= 0.3 is 0 Å². The van der Waals surface area contributed by atoms with Gasteiger partial charge in [0.2, 0.25) is 0 Å². The van der Waals surface area contributed by atoms with E-state index in [2.05, 4.69) is 5.32 Å². The Balaban J connectivity index is 2.04. The minimum atomic E-state index is -0.599. The Hall–Kier alpha value is -2.30. The third kappa shape index (κ3) is 3.15. The zero-order chi connectivity index (χ0) is 18.1. The van der Waals surface area contributed by atoms with Crippen molar-refractivity contribution >= 4 is 34.2 Å². The van der Waals surface area contributed by atoms with E-state index in [1.165, 1.54) is 0 Å². The van der Waals surface area contributed by atoms with Gasteiger partial charge in [-0.2, -0.15) is 0 Å². The Bertz CT molecular complexity index is 925. The van der Waals surface area contributed by atoms with E-state index in [-0.39, 0.29) is 5.91 Å². The van der Waals surface area contributed by atoms with E-state index >= 15 is 0 Å². The number of nitrogens with one attached hydrogen (secondary N) is 1. The highest BCUT2D eigenvalue weighted by atomic mass is 35.5. The number of halogens is 1. The number of carbonyl (C=O) groups is 1. The van der Waals surface area contributed by atoms with E-state index in [9.17, 15) is 9.90 Å². The molecule has 1 amide bonds. The normalized spacial score (nSPS) is 12.4. The number of amides is 1. The van der Waals surface area contributed by atoms with Gasteiger partial charge in [-0.3, -0.25) is 4.79 Å². The van der Waals surface area contributed by atoms with Crippen molar-refractivity contribution in [1.29, 1.82) is 0 Å². The summed E-state index contributed by atoms with van der Waals surface area (Å²) in [6.45, 7) is 5.57. The van der Waals surface area contributed by atoms with Gasteiger partial charge in [-0.05, 0) is 38.0 Å². The zero-order valence-corrected chi connectivity index (χ0v) is 15.1. The van der Waals surface area contributed by atoms with Crippen molar-refractivity contribution in [3.63, 3.8) is 0 Å². The maximum atomic E-state index is 12.7. The molecule has 3 aromatic rings. The molecule has 130 valence electrons. The fourth-order valence-electron chi connectivity index (χ4n) is 3.08. The van der Waals surface area contributed by atoms with Crippen LogP contribution in [-0.4, -0.2) is 11.0 Å². The molecule has 0 aliphatic heterocycles. The van der Waals surface area contributed by atoms with E-state index < -0.39 is 6.10 Å². The highest BCUT2D eigenvalue weighted by Gasteiger charge is 2.21. The van der Waals surface area contributed by atoms with E-state index in [4.69, 9.17) is 16.0 Å². The second-order valence-electron chi connectivity index (χ2n) is 6.06. The Morgan fingerprint density at radius 1 is 1.24 bits per heavy atom. The summed E-state index contributed by atoms with van der Waals surface area (Å²) < 4.78 is 5.84. The average molecular weight is 358 g/mol. The molecule has 2 N–H and O–H groups in total. The quantitative estimate of drug-likeness (QED) is 0.657. The van der Waals surface area contributed by atoms with Crippen LogP contribution in [0.5, 0.6) is 0 Å². The third-order valence-electron chi connectivity index (χ3n) is 4.36. The highest BCUT2D eigenvalue weighted by molar-refractivity contribution is 6.34. The third-order valence-corrected chi connectivity index (χ3v) is 4.67. The van der Waals surface area contributed by atoms with Crippen LogP contribution in [0.1, 0.15) is 46.7 Å². The molecule has 0 bridgehead atoms. The predicted octanol–water partition coefficient (Wildman–Crippen LogP) is 5.40. The molecule has 0 aliphatic rings. The first-order chi connectivity index (χ1) is 11.9. The van der Waals surface area contributed by atoms with Crippen LogP contribution >= 0.6 is 11.6 Å². The lowest BCUT2D eigenvalue weighted by molar-refractivity contribution is 0.102. The molecule has 1 heterocycles. The van der Waals surface area contributed by atoms with Crippen LogP contribution < -0.4 is 5.32 Å². The van der Waals surface area contributed by atoms with Crippen LogP contribution in [0.2, 0.25) is 5.02 Å². The first-order valence-corrected chi connectivity index (χ1v) is 8.58. The maximum absolute atomic E-state index is 12.7. The van der Waals surface area contributed by atoms with E-state index in [1.807, 2.05) is 45.0 Å². The van der Waals surface area contributed by atoms with Gasteiger partial charge in [-0.15, -0.1) is 0 Å². The van der Waals surface area contributed by atoms with E-state index in [1.54, 1.807) is 12.1 Å². The number of aliphatic hydroxyl groups excluding tert-OH is 1. The lowest BCUT2D eigenvalue weighted by Crippen LogP contribution is -2.14. The summed E-state index contributed by atoms with van der Waals surface area (Å²) >= 11 is 6.18. The van der Waals surface area contributed by atoms with Gasteiger partial charge in [0.25, 0.3) is 5.91 Å². The smallest absolute Gasteiger partial charge is 0.257 e. The van der Waals surface area contributed by atoms with Crippen LogP contribution in [0, 0.1) is 13.8 Å². The van der Waals surface area contributed by atoms with Gasteiger partial charge in [0, 0.05) is 10.9 Å². The van der Waals surface area contributed by atoms with Crippen LogP contribution in [0.15, 0.2) is 40.8 Å². The number of fused-ring (bicyclic) bond motifs is 1. The second-order valence-corrected chi connectivity index (χ2v) is 6.47. The monoisotopic (exact) mass is 357 g/mol. The van der Waals surface area contributed by atoms with Gasteiger partial charge in [-0.25, -0.2) is 0 Å². The topological polar surface area (TPSA) is 62.5 Å². The molecule has 0 fully saturated rings. The van der Waals surface area contributed by atoms with Gasteiger partial charge in [0.1, 0.15) is 5.76 Å². The number of aryl methyl sites for hydroxylation is 2. The summed E-state index contributed by atoms with van der Waals surface area (Å²) in [6, 6.07) is 10.8. The summed E-state index contributed by atoms with van der Waals surface area (Å²) in [4.78, 5) is 12.7. The molecule has 1 atom stereocenters. The Kier molecular flexibility index (Phi) is 4.84. The molecular formula is C20H20ClNO3. The van der Waals surface area contributed by atoms with E-state index in [0.717, 1.165) is 16.5 Å². The summed E-state index contributed by atoms with van der Waals surface area (Å²) in [5.74, 6) is 0.363. The first-order valence-electron chi connectivity index (χ1n) is 8.20. The number of aliphatic hydroxyl groups is 1. The number of benzene rings is 2. The van der Waals surface area contributed by atoms with Crippen LogP contribution in [0.3, 0.4) is 0 Å². The molecule has 25 heavy (non-hydrogen) atoms. The minimum Gasteiger partial charge on any atom is -0.459 e. The number of para-hydroxylation sites is 1. The van der Waals surface area contributed by atoms with Crippen LogP contribution in [0.4, 0.5) is 5.69 Å². The first kappa shape index (κ1) is 17.5. The SMILES string of the molecule is CCC(O)c1c(C)oc2c(NC(=O)c3c(C)cccc3Cl)cccc12. The molecule has 1 aromatic heterocycles. The average Bonchev–Trinajstić information content (AvgIpc) is 2.91. The van der Waals surface area contributed by atoms with Crippen molar-refractivity contribution in [2.75, 3.05) is 5.32 Å². The fraction of sp³-hybridized carbons (Fsp3) is 0.250. The fourth-order valence-corrected chi connectivity index (χ4v) is 3.39. The lowest BCUT2D eigenvalue weighted by atomic mass is 10.0. The lowest BCUT2D eigenvalue weighted by Gasteiger charge is -2.10. The highest BCUT2D eigenvalue weighted by Crippen LogP contribution is 2.36. The predicted molar refractivity (Wildman–Crippen MR) is 100 cm³/mol. The number of rotatable bonds is 4. The minimum absolute atomic E-state index is 0.290. The standard InChI is InChI=1S/C20H20ClNO3/c1-4-16(23)18-12(3)25-19-13(18)8-6-10-15(19)22-20(24)17-11(2)7-5-9-14(17)21/h5-10,16,23H,4H2,1-3H3,(H,22,24). The van der Waals surface area contributed by atoms with Crippen molar-refractivity contribution in [2.45, 2.75) is 33.3 Å². The molecule has 0 saturated carbocycles. The van der Waals surface area contributed by atoms with Crippen molar-refractivity contribution in [1.82, 2.24) is 0 Å². The van der Waals surface area contributed by atoms with Gasteiger partial charge in [-0.1, -0.05) is 42.8 Å². The number of furan rings is 1. The van der Waals surface area contributed by atoms with E-state index in [0.29, 0.717) is 34.0 Å². The van der Waals surface area contributed by atoms with Crippen molar-refractivity contribution in [3.05, 3.63) is 63.9 Å². The number of hydrogen-bond donors (Lipinski definition) is 2. The summed E-state index contributed by atoms with van der Waals surface area (Å²) in [7, 11) is 0. The molecule has 0 radical (unpaired) electrons. The Labute approximate surface area is 151 Å². The molecule has 2 aromatic carbocycles. The summed E-state index contributed by atoms with van der Waals surface area (Å²) in [6.07, 6.45) is -0.0109. The van der Waals surface area contributed by atoms with Crippen molar-refractivity contribution in [2.24, 2.45) is 0 Å². The molecule has 5 heteroatoms. The Morgan fingerprint density at radius 3 is 2.64 bits per heavy atom. The van der Waals surface area contributed by atoms with Crippen LogP contribution in [-0.2, 0) is 0 Å². The summed E-state index contributed by atoms with van der Waals surface area (Å²) in [5, 5.41) is 14.3. The van der Waals surface area contributed by atoms with Gasteiger partial charge in [0.15, 0.2) is 5.58 Å². The van der Waals surface area contributed by atoms with Crippen molar-refractivity contribution < 1.29 is 14.3 Å². The molecule has 0 saturated heterocycles. The molecule has 4 nitrogen and oxygen atoms in total. The molecule has 3 rings (SSSR count).